The van der Waals surface area contributed by atoms with Gasteiger partial charge in [0.05, 0.1) is 21.8 Å². The smallest absolute Gasteiger partial charge is 0.147 e. The van der Waals surface area contributed by atoms with E-state index in [0.29, 0.717) is 5.92 Å². The van der Waals surface area contributed by atoms with Crippen LogP contribution < -0.4 is 0 Å². The zero-order valence-electron chi connectivity index (χ0n) is 39.0. The van der Waals surface area contributed by atoms with Crippen LogP contribution in [-0.4, -0.2) is 4.57 Å². The minimum absolute atomic E-state index is 0.427. The van der Waals surface area contributed by atoms with Crippen molar-refractivity contribution in [3.63, 3.8) is 0 Å². The second-order valence-electron chi connectivity index (χ2n) is 19.4. The summed E-state index contributed by atoms with van der Waals surface area (Å²) in [4.78, 5) is 0. The number of furan rings is 4. The van der Waals surface area contributed by atoms with Crippen molar-refractivity contribution in [3.05, 3.63) is 193 Å². The lowest BCUT2D eigenvalue weighted by molar-refractivity contribution is 0.662. The summed E-state index contributed by atoms with van der Waals surface area (Å²) in [6.07, 6.45) is 7.87. The molecule has 1 aliphatic rings. The second kappa shape index (κ2) is 14.7. The summed E-state index contributed by atoms with van der Waals surface area (Å²) in [5.74, 6) is 0.427. The highest BCUT2D eigenvalue weighted by atomic mass is 16.3. The van der Waals surface area contributed by atoms with Crippen LogP contribution >= 0.6 is 0 Å². The van der Waals surface area contributed by atoms with E-state index in [2.05, 4.69) is 189 Å². The fourth-order valence-corrected chi connectivity index (χ4v) is 11.8. The summed E-state index contributed by atoms with van der Waals surface area (Å²) in [5, 5.41) is 10.9. The Bertz CT molecular complexity index is 4610. The minimum Gasteiger partial charge on any atom is -0.456 e. The van der Waals surface area contributed by atoms with Gasteiger partial charge < -0.3 is 22.2 Å². The Labute approximate surface area is 402 Å². The van der Waals surface area contributed by atoms with Crippen LogP contribution in [0.3, 0.4) is 0 Å². The van der Waals surface area contributed by atoms with Gasteiger partial charge in [-0.3, -0.25) is 0 Å². The van der Waals surface area contributed by atoms with E-state index in [1.165, 1.54) is 27.7 Å². The summed E-state index contributed by atoms with van der Waals surface area (Å²) in [7, 11) is 0. The highest BCUT2D eigenvalue weighted by molar-refractivity contribution is 6.25. The van der Waals surface area contributed by atoms with Crippen LogP contribution in [0.25, 0.3) is 143 Å². The average molecular weight is 904 g/mol. The molecule has 5 aromatic heterocycles. The summed E-state index contributed by atoms with van der Waals surface area (Å²) in [5.41, 5.74) is 20.2. The van der Waals surface area contributed by atoms with E-state index in [1.807, 2.05) is 12.1 Å². The molecule has 0 saturated heterocycles. The minimum atomic E-state index is 0.427. The van der Waals surface area contributed by atoms with Crippen LogP contribution in [-0.2, 0) is 0 Å². The van der Waals surface area contributed by atoms with Gasteiger partial charge in [0, 0.05) is 54.3 Å². The quantitative estimate of drug-likeness (QED) is 0.167. The number of aromatic nitrogens is 1. The molecule has 0 fully saturated rings. The van der Waals surface area contributed by atoms with Crippen molar-refractivity contribution in [2.24, 2.45) is 0 Å². The van der Waals surface area contributed by atoms with E-state index in [0.717, 1.165) is 151 Å². The average Bonchev–Trinajstić information content (AvgIpc) is 4.23. The molecule has 5 nitrogen and oxygen atoms in total. The number of nitrogens with zero attached hydrogens (tertiary/aromatic N) is 1. The van der Waals surface area contributed by atoms with Crippen LogP contribution in [0.5, 0.6) is 0 Å². The zero-order valence-corrected chi connectivity index (χ0v) is 39.0. The van der Waals surface area contributed by atoms with Gasteiger partial charge in [0.2, 0.25) is 0 Å². The summed E-state index contributed by atoms with van der Waals surface area (Å²) in [6.45, 7) is 6.88. The molecule has 9 aromatic carbocycles. The third-order valence-corrected chi connectivity index (χ3v) is 15.5. The first-order valence-electron chi connectivity index (χ1n) is 24.6. The molecule has 0 amide bonds. The predicted octanol–water partition coefficient (Wildman–Crippen LogP) is 19.4. The molecular weight excluding hydrogens is 859 g/mol. The van der Waals surface area contributed by atoms with Crippen molar-refractivity contribution in [3.8, 4) is 27.9 Å². The molecule has 0 bridgehead atoms. The van der Waals surface area contributed by atoms with Crippen molar-refractivity contribution < 1.29 is 17.7 Å². The summed E-state index contributed by atoms with van der Waals surface area (Å²) < 4.78 is 29.1. The number of hydrogen-bond donors (Lipinski definition) is 0. The van der Waals surface area contributed by atoms with Crippen molar-refractivity contribution >= 4 is 115 Å². The molecule has 1 unspecified atom stereocenters. The largest absolute Gasteiger partial charge is 0.456 e. The SMILES string of the molecule is CCC(C)c1ccc2c(oc3ccc(-c4cccc(-c5ccc6oc7c(ccc8oc9ccc(-n%10c%11ccccc%11c%11c%12oc%13ccccc%13c%12ccc%11%10)cc9c87)c6c5)c4)cc32)c1C1=C(C)CCC=C1. The van der Waals surface area contributed by atoms with Crippen LogP contribution in [0.4, 0.5) is 0 Å². The maximum Gasteiger partial charge on any atom is 0.147 e. The fourth-order valence-electron chi connectivity index (χ4n) is 11.8. The number of fused-ring (bicyclic) bond motifs is 17. The van der Waals surface area contributed by atoms with E-state index in [9.17, 15) is 0 Å². The van der Waals surface area contributed by atoms with Crippen molar-refractivity contribution in [2.45, 2.75) is 46.0 Å². The first-order chi connectivity index (χ1) is 34.5. The maximum atomic E-state index is 6.82. The van der Waals surface area contributed by atoms with Gasteiger partial charge in [-0.05, 0) is 150 Å². The number of rotatable bonds is 6. The summed E-state index contributed by atoms with van der Waals surface area (Å²) in [6, 6.07) is 58.8. The highest BCUT2D eigenvalue weighted by Crippen LogP contribution is 2.46. The molecule has 5 heteroatoms. The van der Waals surface area contributed by atoms with Crippen molar-refractivity contribution in [2.75, 3.05) is 0 Å². The molecule has 0 saturated carbocycles. The molecule has 1 aliphatic carbocycles. The lowest BCUT2D eigenvalue weighted by Gasteiger charge is -2.20. The molecule has 0 spiro atoms. The molecular formula is C65H45NO4. The van der Waals surface area contributed by atoms with E-state index in [1.54, 1.807) is 0 Å². The van der Waals surface area contributed by atoms with Crippen LogP contribution in [0, 0.1) is 0 Å². The molecule has 0 radical (unpaired) electrons. The van der Waals surface area contributed by atoms with E-state index in [4.69, 9.17) is 17.7 Å². The van der Waals surface area contributed by atoms with Gasteiger partial charge >= 0.3 is 0 Å². The zero-order chi connectivity index (χ0) is 46.4. The molecule has 1 atom stereocenters. The van der Waals surface area contributed by atoms with Gasteiger partial charge in [-0.1, -0.05) is 110 Å². The topological polar surface area (TPSA) is 57.5 Å². The Morgan fingerprint density at radius 1 is 0.471 bits per heavy atom. The monoisotopic (exact) mass is 903 g/mol. The second-order valence-corrected chi connectivity index (χ2v) is 19.4. The maximum absolute atomic E-state index is 6.82. The van der Waals surface area contributed by atoms with Crippen molar-refractivity contribution in [1.82, 2.24) is 4.57 Å². The first kappa shape index (κ1) is 39.5. The molecule has 0 aliphatic heterocycles. The Morgan fingerprint density at radius 2 is 1.09 bits per heavy atom. The standard InChI is InChI=1S/C65H45NO4/c1-4-36(2)44-23-24-47-50-33-40(20-28-56(50)69-63(47)60(44)43-15-6-5-12-37(43)3)38-13-11-14-39(32-38)41-21-29-57-51(34-41)48-26-31-59-62(65(48)70-57)52-35-42(22-30-58(52)67-59)66-53-18-9-7-17-49(53)61-54(66)27-25-46-45-16-8-10-19-55(45)68-64(46)61/h6-11,13-36H,4-5,12H2,1-3H3. The number of allylic oxidation sites excluding steroid dienone is 4. The molecule has 334 valence electrons. The highest BCUT2D eigenvalue weighted by Gasteiger charge is 2.24. The first-order valence-corrected chi connectivity index (χ1v) is 24.6. The van der Waals surface area contributed by atoms with Gasteiger partial charge in [-0.25, -0.2) is 0 Å². The molecule has 70 heavy (non-hydrogen) atoms. The number of benzene rings is 9. The van der Waals surface area contributed by atoms with Crippen molar-refractivity contribution in [1.29, 1.82) is 0 Å². The fraction of sp³-hybridized carbons (Fsp3) is 0.108. The Hall–Kier alpha value is -8.54. The molecule has 0 N–H and O–H groups in total. The van der Waals surface area contributed by atoms with E-state index in [-0.39, 0.29) is 0 Å². The Balaban J connectivity index is 0.835. The van der Waals surface area contributed by atoms with E-state index >= 15 is 0 Å². The third-order valence-electron chi connectivity index (χ3n) is 15.5. The van der Waals surface area contributed by atoms with E-state index < -0.39 is 0 Å². The van der Waals surface area contributed by atoms with Crippen LogP contribution in [0.2, 0.25) is 0 Å². The number of hydrogen-bond acceptors (Lipinski definition) is 4. The summed E-state index contributed by atoms with van der Waals surface area (Å²) >= 11 is 0. The van der Waals surface area contributed by atoms with Gasteiger partial charge in [-0.2, -0.15) is 0 Å². The molecule has 14 aromatic rings. The Morgan fingerprint density at radius 3 is 1.87 bits per heavy atom. The Kier molecular flexibility index (Phi) is 8.30. The van der Waals surface area contributed by atoms with Crippen LogP contribution in [0.15, 0.2) is 199 Å². The lowest BCUT2D eigenvalue weighted by Crippen LogP contribution is -2.01. The third kappa shape index (κ3) is 5.60. The van der Waals surface area contributed by atoms with Gasteiger partial charge in [0.1, 0.15) is 44.7 Å². The van der Waals surface area contributed by atoms with Gasteiger partial charge in [-0.15, -0.1) is 0 Å². The molecule has 15 rings (SSSR count). The molecule has 5 heterocycles. The predicted molar refractivity (Wildman–Crippen MR) is 290 cm³/mol. The van der Waals surface area contributed by atoms with Gasteiger partial charge in [0.25, 0.3) is 0 Å². The number of para-hydroxylation sites is 2. The van der Waals surface area contributed by atoms with Crippen LogP contribution in [0.1, 0.15) is 57.1 Å². The normalized spacial score (nSPS) is 14.0. The van der Waals surface area contributed by atoms with Gasteiger partial charge in [0.15, 0.2) is 0 Å². The lowest BCUT2D eigenvalue weighted by atomic mass is 9.84.